The van der Waals surface area contributed by atoms with E-state index in [1.807, 2.05) is 0 Å². The van der Waals surface area contributed by atoms with Crippen LogP contribution in [-0.2, 0) is 13.8 Å². The third-order valence-electron chi connectivity index (χ3n) is 1.32. The lowest BCUT2D eigenvalue weighted by molar-refractivity contribution is 0.173. The van der Waals surface area contributed by atoms with Crippen LogP contribution in [0.5, 0.6) is 0 Å². The number of rotatable bonds is 1. The van der Waals surface area contributed by atoms with Gasteiger partial charge in [-0.2, -0.15) is 0 Å². The van der Waals surface area contributed by atoms with Crippen LogP contribution in [0.15, 0.2) is 0 Å². The molecule has 2 unspecified atom stereocenters. The molecular formula is C4H6ClFO3S. The fraction of sp³-hybridized carbons (Fsp3) is 1.00. The first kappa shape index (κ1) is 8.23. The van der Waals surface area contributed by atoms with Gasteiger partial charge >= 0.3 is 0 Å². The van der Waals surface area contributed by atoms with Crippen molar-refractivity contribution in [3.05, 3.63) is 0 Å². The molecule has 10 heavy (non-hydrogen) atoms. The number of hydrogen-bond acceptors (Lipinski definition) is 3. The number of halogens is 2. The van der Waals surface area contributed by atoms with Gasteiger partial charge in [0, 0.05) is 10.7 Å². The van der Waals surface area contributed by atoms with Crippen molar-refractivity contribution in [1.29, 1.82) is 0 Å². The molecule has 3 nitrogen and oxygen atoms in total. The van der Waals surface area contributed by atoms with E-state index in [-0.39, 0.29) is 13.2 Å². The summed E-state index contributed by atoms with van der Waals surface area (Å²) in [5.41, 5.74) is 0. The number of alkyl halides is 1. The lowest BCUT2D eigenvalue weighted by atomic mass is 10.3. The lowest BCUT2D eigenvalue weighted by Crippen LogP contribution is -2.25. The predicted molar refractivity (Wildman–Crippen MR) is 34.3 cm³/mol. The van der Waals surface area contributed by atoms with Crippen LogP contribution in [0.3, 0.4) is 0 Å². The summed E-state index contributed by atoms with van der Waals surface area (Å²) in [6, 6.07) is 0. The zero-order valence-corrected chi connectivity index (χ0v) is 6.53. The first-order valence-corrected chi connectivity index (χ1v) is 5.04. The van der Waals surface area contributed by atoms with Crippen LogP contribution in [0.4, 0.5) is 4.39 Å². The number of ether oxygens (including phenoxy) is 1. The summed E-state index contributed by atoms with van der Waals surface area (Å²) in [6.07, 6.45) is -1.47. The molecule has 1 fully saturated rings. The van der Waals surface area contributed by atoms with Gasteiger partial charge in [-0.1, -0.05) is 0 Å². The fourth-order valence-electron chi connectivity index (χ4n) is 0.766. The standard InChI is InChI=1S/C4H6ClFO3S/c5-10(7,8)4-2-9-1-3(4)6/h3-4H,1-2H2. The van der Waals surface area contributed by atoms with Crippen LogP contribution < -0.4 is 0 Å². The average molecular weight is 189 g/mol. The molecular weight excluding hydrogens is 183 g/mol. The lowest BCUT2D eigenvalue weighted by Gasteiger charge is -2.03. The minimum absolute atomic E-state index is 0.132. The third kappa shape index (κ3) is 1.59. The van der Waals surface area contributed by atoms with Gasteiger partial charge in [0.25, 0.3) is 0 Å². The van der Waals surface area contributed by atoms with E-state index in [1.165, 1.54) is 0 Å². The molecule has 1 heterocycles. The zero-order chi connectivity index (χ0) is 7.78. The second kappa shape index (κ2) is 2.64. The van der Waals surface area contributed by atoms with Crippen LogP contribution in [0, 0.1) is 0 Å². The van der Waals surface area contributed by atoms with Crippen molar-refractivity contribution in [3.8, 4) is 0 Å². The molecule has 1 aliphatic rings. The molecule has 2 atom stereocenters. The molecule has 0 bridgehead atoms. The molecule has 1 saturated heterocycles. The predicted octanol–water partition coefficient (Wildman–Crippen LogP) is 0.292. The van der Waals surface area contributed by atoms with Gasteiger partial charge in [0.05, 0.1) is 13.2 Å². The highest BCUT2D eigenvalue weighted by Gasteiger charge is 2.37. The second-order valence-corrected chi connectivity index (χ2v) is 4.91. The maximum atomic E-state index is 12.5. The van der Waals surface area contributed by atoms with Gasteiger partial charge in [0.1, 0.15) is 11.4 Å². The molecule has 0 aromatic carbocycles. The molecule has 1 aliphatic heterocycles. The van der Waals surface area contributed by atoms with E-state index in [2.05, 4.69) is 4.74 Å². The van der Waals surface area contributed by atoms with E-state index >= 15 is 0 Å². The van der Waals surface area contributed by atoms with Crippen LogP contribution in [0.25, 0.3) is 0 Å². The number of hydrogen-bond donors (Lipinski definition) is 0. The van der Waals surface area contributed by atoms with Gasteiger partial charge in [-0.15, -0.1) is 0 Å². The molecule has 0 aromatic heterocycles. The largest absolute Gasteiger partial charge is 0.377 e. The van der Waals surface area contributed by atoms with Crippen LogP contribution in [-0.4, -0.2) is 33.1 Å². The molecule has 0 N–H and O–H groups in total. The van der Waals surface area contributed by atoms with Crippen molar-refractivity contribution in [2.24, 2.45) is 0 Å². The van der Waals surface area contributed by atoms with Crippen LogP contribution in [0.2, 0.25) is 0 Å². The van der Waals surface area contributed by atoms with Gasteiger partial charge in [0.15, 0.2) is 0 Å². The minimum atomic E-state index is -3.78. The SMILES string of the molecule is O=S(=O)(Cl)C1COCC1F. The summed E-state index contributed by atoms with van der Waals surface area (Å²) >= 11 is 0. The molecule has 0 spiro atoms. The smallest absolute Gasteiger partial charge is 0.240 e. The van der Waals surface area contributed by atoms with Crippen molar-refractivity contribution in [3.63, 3.8) is 0 Å². The highest BCUT2D eigenvalue weighted by atomic mass is 35.7. The molecule has 0 aliphatic carbocycles. The Balaban J connectivity index is 2.74. The zero-order valence-electron chi connectivity index (χ0n) is 4.96. The summed E-state index contributed by atoms with van der Waals surface area (Å²) in [7, 11) is 1.11. The Labute approximate surface area is 62.5 Å². The van der Waals surface area contributed by atoms with E-state index < -0.39 is 20.5 Å². The van der Waals surface area contributed by atoms with E-state index in [0.29, 0.717) is 0 Å². The van der Waals surface area contributed by atoms with Gasteiger partial charge in [-0.05, 0) is 0 Å². The van der Waals surface area contributed by atoms with Crippen molar-refractivity contribution in [2.45, 2.75) is 11.4 Å². The Morgan fingerprint density at radius 2 is 2.10 bits per heavy atom. The van der Waals surface area contributed by atoms with Gasteiger partial charge < -0.3 is 4.74 Å². The fourth-order valence-corrected chi connectivity index (χ4v) is 1.95. The van der Waals surface area contributed by atoms with Crippen molar-refractivity contribution < 1.29 is 17.5 Å². The summed E-state index contributed by atoms with van der Waals surface area (Å²) < 4.78 is 38.0. The molecule has 1 rings (SSSR count). The maximum absolute atomic E-state index is 12.5. The summed E-state index contributed by atoms with van der Waals surface area (Å²) in [5, 5.41) is -1.17. The highest BCUT2D eigenvalue weighted by molar-refractivity contribution is 8.14. The van der Waals surface area contributed by atoms with Crippen molar-refractivity contribution in [1.82, 2.24) is 0 Å². The topological polar surface area (TPSA) is 43.4 Å². The van der Waals surface area contributed by atoms with E-state index in [9.17, 15) is 12.8 Å². The normalized spacial score (nSPS) is 34.6. The quantitative estimate of drug-likeness (QED) is 0.556. The van der Waals surface area contributed by atoms with E-state index in [0.717, 1.165) is 0 Å². The summed E-state index contributed by atoms with van der Waals surface area (Å²) in [4.78, 5) is 0. The average Bonchev–Trinajstić information content (AvgIpc) is 2.11. The molecule has 0 radical (unpaired) electrons. The monoisotopic (exact) mass is 188 g/mol. The molecule has 0 saturated carbocycles. The van der Waals surface area contributed by atoms with Crippen LogP contribution >= 0.6 is 10.7 Å². The Bertz CT molecular complexity index is 215. The second-order valence-electron chi connectivity index (χ2n) is 2.07. The Hall–Kier alpha value is 0.130. The Morgan fingerprint density at radius 3 is 2.30 bits per heavy atom. The van der Waals surface area contributed by atoms with Gasteiger partial charge in [-0.3, -0.25) is 0 Å². The van der Waals surface area contributed by atoms with E-state index in [4.69, 9.17) is 10.7 Å². The summed E-state index contributed by atoms with van der Waals surface area (Å²) in [5.74, 6) is 0. The van der Waals surface area contributed by atoms with Crippen molar-refractivity contribution >= 4 is 19.7 Å². The first-order chi connectivity index (χ1) is 4.52. The minimum Gasteiger partial charge on any atom is -0.377 e. The van der Waals surface area contributed by atoms with Gasteiger partial charge in [0.2, 0.25) is 9.05 Å². The highest BCUT2D eigenvalue weighted by Crippen LogP contribution is 2.20. The first-order valence-electron chi connectivity index (χ1n) is 2.67. The third-order valence-corrected chi connectivity index (χ3v) is 3.17. The summed E-state index contributed by atoms with van der Waals surface area (Å²) in [6.45, 7) is -0.302. The molecule has 0 aromatic rings. The van der Waals surface area contributed by atoms with E-state index in [1.54, 1.807) is 0 Å². The Kier molecular flexibility index (Phi) is 2.17. The molecule has 6 heteroatoms. The maximum Gasteiger partial charge on any atom is 0.240 e. The van der Waals surface area contributed by atoms with Crippen molar-refractivity contribution in [2.75, 3.05) is 13.2 Å². The Morgan fingerprint density at radius 1 is 1.50 bits per heavy atom. The molecule has 0 amide bonds. The van der Waals surface area contributed by atoms with Gasteiger partial charge in [-0.25, -0.2) is 12.8 Å². The van der Waals surface area contributed by atoms with Crippen LogP contribution in [0.1, 0.15) is 0 Å². The molecule has 60 valence electrons.